The van der Waals surface area contributed by atoms with E-state index < -0.39 is 29.2 Å². The van der Waals surface area contributed by atoms with Crippen LogP contribution in [0, 0.1) is 36.0 Å². The Balaban J connectivity index is 0.000000184. The molecular formula is C73H69Cl3F5N11O5S. The highest BCUT2D eigenvalue weighted by atomic mass is 35.5. The van der Waals surface area contributed by atoms with Gasteiger partial charge in [-0.15, -0.1) is 11.3 Å². The number of benzene rings is 8. The van der Waals surface area contributed by atoms with Gasteiger partial charge in [0.05, 0.1) is 33.0 Å². The van der Waals surface area contributed by atoms with Crippen LogP contribution in [0.3, 0.4) is 0 Å². The van der Waals surface area contributed by atoms with E-state index in [2.05, 4.69) is 52.6 Å². The Kier molecular flexibility index (Phi) is 28.8. The Morgan fingerprint density at radius 2 is 0.969 bits per heavy atom. The van der Waals surface area contributed by atoms with Gasteiger partial charge in [-0.25, -0.2) is 22.0 Å². The van der Waals surface area contributed by atoms with E-state index >= 15 is 0 Å². The lowest BCUT2D eigenvalue weighted by Gasteiger charge is -2.10. The number of ether oxygens (including phenoxy) is 1. The molecule has 0 aliphatic rings. The van der Waals surface area contributed by atoms with E-state index in [1.54, 1.807) is 91.8 Å². The summed E-state index contributed by atoms with van der Waals surface area (Å²) in [7, 11) is 3.46. The SMILES string of the molecule is C.COCCCNc1cccc(C(=O)Nc2ccc(F)c(Cl)c2)c1.Cc1cc(NC(=O)c2ccc(F)c(NCc3ccn(C)n3)c2)ccc1F.O=C(Nc1ccc(F)c(Cl)c1)c1cccc(NCc2cc[nH]c2)c1.O=C(Nc1ccc(F)c(Cl)c1)c1cccc(NCc2cccs2)c1. The number of nitrogens with zero attached hydrogens (tertiary/aromatic N) is 2. The molecule has 4 amide bonds. The van der Waals surface area contributed by atoms with Crippen LogP contribution in [0.15, 0.2) is 212 Å². The highest BCUT2D eigenvalue weighted by Crippen LogP contribution is 2.26. The molecule has 0 aliphatic carbocycles. The van der Waals surface area contributed by atoms with Crippen molar-refractivity contribution >= 4 is 115 Å². The fourth-order valence-corrected chi connectivity index (χ4v) is 10.0. The summed E-state index contributed by atoms with van der Waals surface area (Å²) in [5, 5.41) is 29.6. The quantitative estimate of drug-likeness (QED) is 0.0232. The number of carbonyl (C=O) groups excluding carboxylic acids is 4. The normalized spacial score (nSPS) is 10.4. The number of nitrogens with one attached hydrogen (secondary N) is 9. The number of amides is 4. The second-order valence-corrected chi connectivity index (χ2v) is 23.5. The van der Waals surface area contributed by atoms with E-state index in [1.165, 1.54) is 95.9 Å². The first kappa shape index (κ1) is 74.9. The van der Waals surface area contributed by atoms with Gasteiger partial charge in [-0.2, -0.15) is 5.10 Å². The number of methoxy groups -OCH3 is 1. The van der Waals surface area contributed by atoms with Gasteiger partial charge in [-0.1, -0.05) is 66.5 Å². The molecule has 25 heteroatoms. The number of aromatic amines is 1. The van der Waals surface area contributed by atoms with Crippen molar-refractivity contribution in [3.8, 4) is 0 Å². The monoisotopic (exact) mass is 1410 g/mol. The molecule has 11 rings (SSSR count). The molecule has 0 fully saturated rings. The van der Waals surface area contributed by atoms with Gasteiger partial charge in [0.1, 0.15) is 29.1 Å². The summed E-state index contributed by atoms with van der Waals surface area (Å²) in [5.41, 5.74) is 8.65. The summed E-state index contributed by atoms with van der Waals surface area (Å²) in [4.78, 5) is 53.5. The molecule has 9 N–H and O–H groups in total. The summed E-state index contributed by atoms with van der Waals surface area (Å²) in [6.07, 6.45) is 6.43. The van der Waals surface area contributed by atoms with E-state index in [-0.39, 0.29) is 57.3 Å². The van der Waals surface area contributed by atoms with Gasteiger partial charge in [0.2, 0.25) is 0 Å². The van der Waals surface area contributed by atoms with Crippen molar-refractivity contribution in [1.82, 2.24) is 14.8 Å². The molecule has 0 bridgehead atoms. The largest absolute Gasteiger partial charge is 0.385 e. The number of H-pyrrole nitrogens is 1. The molecule has 98 heavy (non-hydrogen) atoms. The number of hydrogen-bond acceptors (Lipinski definition) is 11. The molecule has 0 aliphatic heterocycles. The van der Waals surface area contributed by atoms with Crippen LogP contribution in [0.25, 0.3) is 0 Å². The Morgan fingerprint density at radius 1 is 0.500 bits per heavy atom. The zero-order valence-electron chi connectivity index (χ0n) is 52.3. The second-order valence-electron chi connectivity index (χ2n) is 21.2. The third-order valence-corrected chi connectivity index (χ3v) is 15.6. The van der Waals surface area contributed by atoms with Gasteiger partial charge >= 0.3 is 0 Å². The maximum absolute atomic E-state index is 14.0. The lowest BCUT2D eigenvalue weighted by atomic mass is 10.1. The predicted molar refractivity (Wildman–Crippen MR) is 385 cm³/mol. The zero-order chi connectivity index (χ0) is 69.2. The van der Waals surface area contributed by atoms with Crippen molar-refractivity contribution in [3.63, 3.8) is 0 Å². The molecule has 0 saturated heterocycles. The van der Waals surface area contributed by atoms with E-state index in [4.69, 9.17) is 39.5 Å². The van der Waals surface area contributed by atoms with Crippen molar-refractivity contribution in [1.29, 1.82) is 0 Å². The van der Waals surface area contributed by atoms with E-state index in [0.717, 1.165) is 41.3 Å². The highest BCUT2D eigenvalue weighted by Gasteiger charge is 2.15. The van der Waals surface area contributed by atoms with Gasteiger partial charge in [0, 0.05) is 126 Å². The van der Waals surface area contributed by atoms with Crippen molar-refractivity contribution in [2.45, 2.75) is 40.4 Å². The Bertz CT molecular complexity index is 4310. The first-order valence-corrected chi connectivity index (χ1v) is 31.8. The topological polar surface area (TPSA) is 207 Å². The van der Waals surface area contributed by atoms with Crippen LogP contribution in [-0.2, 0) is 31.4 Å². The van der Waals surface area contributed by atoms with Crippen molar-refractivity contribution < 1.29 is 45.9 Å². The second kappa shape index (κ2) is 37.7. The third-order valence-electron chi connectivity index (χ3n) is 13.8. The first-order chi connectivity index (χ1) is 46.7. The maximum atomic E-state index is 14.0. The lowest BCUT2D eigenvalue weighted by Crippen LogP contribution is -2.13. The molecule has 508 valence electrons. The van der Waals surface area contributed by atoms with Crippen molar-refractivity contribution in [3.05, 3.63) is 300 Å². The van der Waals surface area contributed by atoms with Crippen molar-refractivity contribution in [2.75, 3.05) is 62.8 Å². The van der Waals surface area contributed by atoms with Crippen LogP contribution in [0.5, 0.6) is 0 Å². The molecule has 8 aromatic carbocycles. The minimum atomic E-state index is -0.523. The zero-order valence-corrected chi connectivity index (χ0v) is 55.4. The Hall–Kier alpha value is -10.5. The minimum absolute atomic E-state index is 0. The van der Waals surface area contributed by atoms with Gasteiger partial charge < -0.3 is 52.3 Å². The summed E-state index contributed by atoms with van der Waals surface area (Å²) < 4.78 is 73.4. The molecule has 3 aromatic heterocycles. The van der Waals surface area contributed by atoms with Gasteiger partial charge in [-0.05, 0) is 194 Å². The van der Waals surface area contributed by atoms with Crippen LogP contribution >= 0.6 is 46.1 Å². The highest BCUT2D eigenvalue weighted by molar-refractivity contribution is 7.09. The van der Waals surface area contributed by atoms with Gasteiger partial charge in [0.25, 0.3) is 23.6 Å². The average Bonchev–Trinajstić information content (AvgIpc) is 1.07. The van der Waals surface area contributed by atoms with Gasteiger partial charge in [-0.3, -0.25) is 23.9 Å². The fourth-order valence-electron chi connectivity index (χ4n) is 8.84. The average molecular weight is 1410 g/mol. The predicted octanol–water partition coefficient (Wildman–Crippen LogP) is 18.8. The molecule has 0 saturated carbocycles. The fraction of sp³-hybridized carbons (Fsp3) is 0.137. The molecule has 0 spiro atoms. The number of aromatic nitrogens is 3. The van der Waals surface area contributed by atoms with E-state index in [1.807, 2.05) is 66.3 Å². The van der Waals surface area contributed by atoms with Crippen molar-refractivity contribution in [2.24, 2.45) is 7.05 Å². The number of hydrogen-bond donors (Lipinski definition) is 9. The summed E-state index contributed by atoms with van der Waals surface area (Å²) in [6.45, 7) is 4.74. The maximum Gasteiger partial charge on any atom is 0.255 e. The number of anilines is 8. The molecule has 11 aromatic rings. The summed E-state index contributed by atoms with van der Waals surface area (Å²) >= 11 is 18.8. The molecule has 0 unspecified atom stereocenters. The minimum Gasteiger partial charge on any atom is -0.385 e. The van der Waals surface area contributed by atoms with Crippen LogP contribution < -0.4 is 42.5 Å². The lowest BCUT2D eigenvalue weighted by molar-refractivity contribution is 0.101. The molecular weight excluding hydrogens is 1340 g/mol. The number of halogens is 8. The Labute approximate surface area is 582 Å². The smallest absolute Gasteiger partial charge is 0.255 e. The van der Waals surface area contributed by atoms with E-state index in [0.29, 0.717) is 71.2 Å². The third kappa shape index (κ3) is 23.7. The van der Waals surface area contributed by atoms with E-state index in [9.17, 15) is 41.1 Å². The number of carbonyl (C=O) groups is 4. The standard InChI is InChI=1S/C19H18F2N4O.C18H15ClFN3O.C18H14ClFN2OS.C17H18ClFN2O2.CH4/c1-12-9-14(4-6-16(12)20)23-19(26)13-3-5-17(21)18(10-13)22-11-15-7-8-25(2)24-15;19-16-9-15(4-5-17(16)20)23-18(24)13-2-1-3-14(8-13)22-11-12-6-7-21-10-12;19-16-10-14(6-7-17(16)20)22-18(23)12-3-1-4-13(9-12)21-11-15-5-2-8-24-15;1-23-9-3-8-20-13-5-2-4-12(10-13)17(22)21-14-6-7-16(19)15(18)11-14;/h3-10,22H,11H2,1-2H3,(H,23,26);1-10,21-22H,11H2,(H,23,24);1-10,21H,11H2,(H,22,23);2,4-7,10-11,20H,3,8-9H2,1H3,(H,21,22);1H4. The molecule has 0 radical (unpaired) electrons. The van der Waals surface area contributed by atoms with Crippen LogP contribution in [0.4, 0.5) is 67.5 Å². The van der Waals surface area contributed by atoms with Gasteiger partial charge in [0.15, 0.2) is 0 Å². The summed E-state index contributed by atoms with van der Waals surface area (Å²) in [5.74, 6) is -3.63. The number of aryl methyl sites for hydroxylation is 2. The van der Waals surface area contributed by atoms with Crippen LogP contribution in [0.2, 0.25) is 15.1 Å². The molecule has 3 heterocycles. The number of thiophene rings is 1. The molecule has 0 atom stereocenters. The van der Waals surface area contributed by atoms with Crippen LogP contribution in [0.1, 0.15) is 77.0 Å². The number of rotatable bonds is 22. The van der Waals surface area contributed by atoms with Crippen LogP contribution in [-0.4, -0.2) is 58.7 Å². The molecule has 16 nitrogen and oxygen atoms in total. The summed E-state index contributed by atoms with van der Waals surface area (Å²) in [6, 6.07) is 49.9. The Morgan fingerprint density at radius 3 is 1.41 bits per heavy atom. The first-order valence-electron chi connectivity index (χ1n) is 29.8.